The van der Waals surface area contributed by atoms with E-state index in [9.17, 15) is 23.2 Å². The van der Waals surface area contributed by atoms with E-state index in [1.54, 1.807) is 11.6 Å². The predicted octanol–water partition coefficient (Wildman–Crippen LogP) is 3.65. The van der Waals surface area contributed by atoms with E-state index in [0.717, 1.165) is 34.7 Å². The summed E-state index contributed by atoms with van der Waals surface area (Å²) >= 11 is 0. The van der Waals surface area contributed by atoms with Gasteiger partial charge in [0.2, 0.25) is 11.7 Å². The molecule has 2 aromatic rings. The van der Waals surface area contributed by atoms with Crippen molar-refractivity contribution in [2.75, 3.05) is 6.54 Å². The summed E-state index contributed by atoms with van der Waals surface area (Å²) in [4.78, 5) is 44.1. The standard InChI is InChI=1S/C23H24F2N4O3/c1-28-18(15-5-3-2-4-6-15)17(14-7-8-14)26-19(28)16(30)13-29-20(31)22(27-21(29)32)9-11-23(24,25)12-10-22/h2-6,14H,7-13H2,1H3,(H,27,32). The maximum absolute atomic E-state index is 13.6. The van der Waals surface area contributed by atoms with Gasteiger partial charge in [0.25, 0.3) is 5.91 Å². The number of hydrogen-bond donors (Lipinski definition) is 1. The summed E-state index contributed by atoms with van der Waals surface area (Å²) in [6, 6.07) is 8.95. The molecule has 0 radical (unpaired) electrons. The number of rotatable bonds is 5. The molecule has 0 unspecified atom stereocenters. The molecule has 1 N–H and O–H groups in total. The van der Waals surface area contributed by atoms with Crippen LogP contribution in [-0.2, 0) is 11.8 Å². The third-order valence-electron chi connectivity index (χ3n) is 6.77. The fraction of sp³-hybridized carbons (Fsp3) is 0.478. The highest BCUT2D eigenvalue weighted by molar-refractivity contribution is 6.10. The number of amides is 3. The number of urea groups is 1. The summed E-state index contributed by atoms with van der Waals surface area (Å²) in [5, 5.41) is 2.57. The highest BCUT2D eigenvalue weighted by Gasteiger charge is 2.56. The van der Waals surface area contributed by atoms with Crippen molar-refractivity contribution in [3.8, 4) is 11.3 Å². The summed E-state index contributed by atoms with van der Waals surface area (Å²) < 4.78 is 28.9. The van der Waals surface area contributed by atoms with Crippen LogP contribution in [0.3, 0.4) is 0 Å². The predicted molar refractivity (Wildman–Crippen MR) is 111 cm³/mol. The molecule has 0 bridgehead atoms. The van der Waals surface area contributed by atoms with Crippen LogP contribution in [0.1, 0.15) is 60.8 Å². The molecule has 9 heteroatoms. The lowest BCUT2D eigenvalue weighted by Crippen LogP contribution is -2.51. The second kappa shape index (κ2) is 7.21. The first-order valence-electron chi connectivity index (χ1n) is 10.9. The minimum atomic E-state index is -2.83. The van der Waals surface area contributed by atoms with Gasteiger partial charge < -0.3 is 9.88 Å². The number of ketones is 1. The number of benzene rings is 1. The number of carbonyl (C=O) groups is 3. The van der Waals surface area contributed by atoms with E-state index in [-0.39, 0.29) is 18.7 Å². The Balaban J connectivity index is 1.40. The molecule has 1 aromatic heterocycles. The first-order chi connectivity index (χ1) is 15.2. The normalized spacial score (nSPS) is 21.8. The molecular weight excluding hydrogens is 418 g/mol. The lowest BCUT2D eigenvalue weighted by molar-refractivity contribution is -0.135. The molecule has 1 saturated heterocycles. The SMILES string of the molecule is Cn1c(C(=O)CN2C(=O)NC3(CCC(F)(F)CC3)C2=O)nc(C2CC2)c1-c1ccccc1. The van der Waals surface area contributed by atoms with Gasteiger partial charge in [-0.1, -0.05) is 30.3 Å². The van der Waals surface area contributed by atoms with E-state index in [1.165, 1.54) is 0 Å². The second-order valence-corrected chi connectivity index (χ2v) is 9.05. The van der Waals surface area contributed by atoms with E-state index in [0.29, 0.717) is 5.92 Å². The van der Waals surface area contributed by atoms with E-state index in [2.05, 4.69) is 10.3 Å². The van der Waals surface area contributed by atoms with Crippen molar-refractivity contribution in [3.63, 3.8) is 0 Å². The number of hydrogen-bond acceptors (Lipinski definition) is 4. The molecule has 3 amide bonds. The maximum Gasteiger partial charge on any atom is 0.325 e. The van der Waals surface area contributed by atoms with Crippen LogP contribution in [0.25, 0.3) is 11.3 Å². The smallest absolute Gasteiger partial charge is 0.324 e. The Morgan fingerprint density at radius 3 is 2.41 bits per heavy atom. The monoisotopic (exact) mass is 442 g/mol. The Labute approximate surface area is 183 Å². The molecule has 32 heavy (non-hydrogen) atoms. The van der Waals surface area contributed by atoms with Crippen LogP contribution in [0.5, 0.6) is 0 Å². The van der Waals surface area contributed by atoms with Gasteiger partial charge in [-0.25, -0.2) is 18.6 Å². The first kappa shape index (κ1) is 20.8. The third-order valence-corrected chi connectivity index (χ3v) is 6.77. The van der Waals surface area contributed by atoms with E-state index in [4.69, 9.17) is 0 Å². The van der Waals surface area contributed by atoms with Crippen molar-refractivity contribution in [3.05, 3.63) is 41.9 Å². The average Bonchev–Trinajstić information content (AvgIpc) is 3.51. The lowest BCUT2D eigenvalue weighted by atomic mass is 9.80. The molecule has 2 saturated carbocycles. The van der Waals surface area contributed by atoms with E-state index < -0.39 is 48.6 Å². The molecule has 7 nitrogen and oxygen atoms in total. The Bertz CT molecular complexity index is 1100. The number of nitrogens with zero attached hydrogens (tertiary/aromatic N) is 3. The zero-order valence-electron chi connectivity index (χ0n) is 17.7. The number of aromatic nitrogens is 2. The Morgan fingerprint density at radius 1 is 1.12 bits per heavy atom. The van der Waals surface area contributed by atoms with Crippen LogP contribution >= 0.6 is 0 Å². The van der Waals surface area contributed by atoms with Crippen LogP contribution in [0.2, 0.25) is 0 Å². The average molecular weight is 442 g/mol. The van der Waals surface area contributed by atoms with Gasteiger partial charge in [-0.15, -0.1) is 0 Å². The number of carbonyl (C=O) groups excluding carboxylic acids is 3. The summed E-state index contributed by atoms with van der Waals surface area (Å²) in [5.41, 5.74) is 1.32. The number of imidazole rings is 1. The number of Topliss-reactive ketones (excluding diaryl/α,β-unsaturated/α-hetero) is 1. The number of imide groups is 1. The molecule has 1 spiro atoms. The van der Waals surface area contributed by atoms with Crippen LogP contribution in [0.15, 0.2) is 30.3 Å². The summed E-state index contributed by atoms with van der Waals surface area (Å²) in [6.45, 7) is -0.466. The number of alkyl halides is 2. The van der Waals surface area contributed by atoms with Crippen LogP contribution in [0, 0.1) is 0 Å². The van der Waals surface area contributed by atoms with Gasteiger partial charge >= 0.3 is 6.03 Å². The lowest BCUT2D eigenvalue weighted by Gasteiger charge is -2.34. The fourth-order valence-electron chi connectivity index (χ4n) is 4.76. The Hall–Kier alpha value is -3.10. The quantitative estimate of drug-likeness (QED) is 0.566. The van der Waals surface area contributed by atoms with Crippen LogP contribution < -0.4 is 5.32 Å². The number of nitrogens with one attached hydrogen (secondary N) is 1. The zero-order valence-corrected chi connectivity index (χ0v) is 17.7. The van der Waals surface area contributed by atoms with E-state index in [1.807, 2.05) is 30.3 Å². The van der Waals surface area contributed by atoms with Crippen molar-refractivity contribution >= 4 is 17.7 Å². The number of halogens is 2. The largest absolute Gasteiger partial charge is 0.325 e. The molecule has 1 aliphatic heterocycles. The van der Waals surface area contributed by atoms with E-state index >= 15 is 0 Å². The van der Waals surface area contributed by atoms with Gasteiger partial charge in [0, 0.05) is 31.4 Å². The molecule has 5 rings (SSSR count). The molecule has 2 aliphatic carbocycles. The van der Waals surface area contributed by atoms with Gasteiger partial charge in [-0.2, -0.15) is 0 Å². The molecular formula is C23H24F2N4O3. The molecule has 1 aromatic carbocycles. The minimum Gasteiger partial charge on any atom is -0.324 e. The topological polar surface area (TPSA) is 84.3 Å². The maximum atomic E-state index is 13.6. The van der Waals surface area contributed by atoms with Gasteiger partial charge in [0.1, 0.15) is 5.54 Å². The second-order valence-electron chi connectivity index (χ2n) is 9.05. The summed E-state index contributed by atoms with van der Waals surface area (Å²) in [7, 11) is 1.75. The molecule has 0 atom stereocenters. The van der Waals surface area contributed by atoms with Gasteiger partial charge in [-0.3, -0.25) is 14.5 Å². The first-order valence-corrected chi connectivity index (χ1v) is 10.9. The minimum absolute atomic E-state index is 0.137. The van der Waals surface area contributed by atoms with Crippen LogP contribution in [0.4, 0.5) is 13.6 Å². The molecule has 3 fully saturated rings. The highest BCUT2D eigenvalue weighted by Crippen LogP contribution is 2.44. The van der Waals surface area contributed by atoms with Gasteiger partial charge in [0.05, 0.1) is 17.9 Å². The summed E-state index contributed by atoms with van der Waals surface area (Å²) in [6.07, 6.45) is 0.801. The molecule has 2 heterocycles. The zero-order chi connectivity index (χ0) is 22.7. The highest BCUT2D eigenvalue weighted by atomic mass is 19.3. The van der Waals surface area contributed by atoms with Gasteiger partial charge in [0.15, 0.2) is 5.82 Å². The van der Waals surface area contributed by atoms with Crippen molar-refractivity contribution < 1.29 is 23.2 Å². The van der Waals surface area contributed by atoms with Crippen molar-refractivity contribution in [2.24, 2.45) is 7.05 Å². The van der Waals surface area contributed by atoms with Gasteiger partial charge in [-0.05, 0) is 25.7 Å². The fourth-order valence-corrected chi connectivity index (χ4v) is 4.76. The van der Waals surface area contributed by atoms with Crippen LogP contribution in [-0.4, -0.2) is 50.2 Å². The summed E-state index contributed by atoms with van der Waals surface area (Å²) in [5.74, 6) is -3.42. The molecule has 3 aliphatic rings. The van der Waals surface area contributed by atoms with Crippen molar-refractivity contribution in [1.82, 2.24) is 19.8 Å². The molecule has 168 valence electrons. The Morgan fingerprint density at radius 2 is 1.78 bits per heavy atom. The third kappa shape index (κ3) is 3.40. The van der Waals surface area contributed by atoms with Crippen molar-refractivity contribution in [2.45, 2.75) is 55.9 Å². The van der Waals surface area contributed by atoms with Crippen molar-refractivity contribution in [1.29, 1.82) is 0 Å². The Kier molecular flexibility index (Phi) is 4.69.